The molecule has 0 amide bonds. The fourth-order valence-electron chi connectivity index (χ4n) is 2.54. The smallest absolute Gasteiger partial charge is 0.0679 e. The minimum Gasteiger partial charge on any atom is -0.392 e. The molecule has 2 fully saturated rings. The topological polar surface area (TPSA) is 26.7 Å². The lowest BCUT2D eigenvalue weighted by molar-refractivity contribution is 0.112. The van der Waals surface area contributed by atoms with Gasteiger partial charge in [0.15, 0.2) is 0 Å². The second-order valence-electron chi connectivity index (χ2n) is 4.50. The number of β-amino-alcohol motifs (C(OH)–C–C–N with tert-alkyl or cyclic N) is 1. The molecule has 13 heavy (non-hydrogen) atoms. The summed E-state index contributed by atoms with van der Waals surface area (Å²) in [6, 6.07) is 0.705. The van der Waals surface area contributed by atoms with E-state index >= 15 is 0 Å². The van der Waals surface area contributed by atoms with Crippen LogP contribution in [0.25, 0.3) is 0 Å². The van der Waals surface area contributed by atoms with Crippen molar-refractivity contribution in [3.63, 3.8) is 0 Å². The van der Waals surface area contributed by atoms with E-state index in [1.54, 1.807) is 0 Å². The van der Waals surface area contributed by atoms with Gasteiger partial charge in [-0.15, -0.1) is 0 Å². The van der Waals surface area contributed by atoms with Crippen molar-refractivity contribution in [2.45, 2.75) is 31.4 Å². The normalized spacial score (nSPS) is 38.3. The zero-order chi connectivity index (χ0) is 9.26. The maximum absolute atomic E-state index is 9.44. The first kappa shape index (κ1) is 9.44. The predicted octanol–water partition coefficient (Wildman–Crippen LogP) is 0.147. The van der Waals surface area contributed by atoms with Crippen LogP contribution in [-0.4, -0.2) is 60.3 Å². The minimum atomic E-state index is -0.0627. The maximum atomic E-state index is 9.44. The molecule has 0 aromatic carbocycles. The summed E-state index contributed by atoms with van der Waals surface area (Å²) in [5.41, 5.74) is 0. The summed E-state index contributed by atoms with van der Waals surface area (Å²) in [4.78, 5) is 4.86. The SMILES string of the molecule is CN1CCCC(N2CCC(O)C2)C1. The average Bonchev–Trinajstić information content (AvgIpc) is 2.52. The Balaban J connectivity index is 1.85. The molecule has 3 nitrogen and oxygen atoms in total. The molecule has 0 spiro atoms. The Morgan fingerprint density at radius 2 is 2.00 bits per heavy atom. The highest BCUT2D eigenvalue weighted by atomic mass is 16.3. The molecule has 3 heteroatoms. The first-order valence-electron chi connectivity index (χ1n) is 5.36. The number of likely N-dealkylation sites (N-methyl/N-ethyl adjacent to an activating group) is 1. The molecule has 2 rings (SSSR count). The second kappa shape index (κ2) is 3.95. The van der Waals surface area contributed by atoms with Gasteiger partial charge in [0.2, 0.25) is 0 Å². The van der Waals surface area contributed by atoms with E-state index in [9.17, 15) is 5.11 Å². The van der Waals surface area contributed by atoms with Crippen molar-refractivity contribution in [2.75, 3.05) is 33.2 Å². The molecule has 76 valence electrons. The molecule has 0 radical (unpaired) electrons. The van der Waals surface area contributed by atoms with Crippen LogP contribution in [0.5, 0.6) is 0 Å². The van der Waals surface area contributed by atoms with Gasteiger partial charge in [-0.05, 0) is 32.9 Å². The van der Waals surface area contributed by atoms with E-state index in [0.717, 1.165) is 19.5 Å². The molecule has 0 bridgehead atoms. The van der Waals surface area contributed by atoms with E-state index in [0.29, 0.717) is 6.04 Å². The molecule has 2 unspecified atom stereocenters. The Labute approximate surface area is 80.3 Å². The molecular weight excluding hydrogens is 164 g/mol. The van der Waals surface area contributed by atoms with Crippen molar-refractivity contribution in [2.24, 2.45) is 0 Å². The first-order valence-corrected chi connectivity index (χ1v) is 5.36. The van der Waals surface area contributed by atoms with E-state index in [-0.39, 0.29) is 6.10 Å². The summed E-state index contributed by atoms with van der Waals surface area (Å²) in [5, 5.41) is 9.44. The van der Waals surface area contributed by atoms with Crippen molar-refractivity contribution < 1.29 is 5.11 Å². The van der Waals surface area contributed by atoms with Crippen LogP contribution in [0.4, 0.5) is 0 Å². The molecule has 0 saturated carbocycles. The average molecular weight is 184 g/mol. The second-order valence-corrected chi connectivity index (χ2v) is 4.50. The number of likely N-dealkylation sites (tertiary alicyclic amines) is 2. The molecule has 2 aliphatic heterocycles. The lowest BCUT2D eigenvalue weighted by Gasteiger charge is -2.35. The highest BCUT2D eigenvalue weighted by Gasteiger charge is 2.29. The third-order valence-electron chi connectivity index (χ3n) is 3.31. The molecule has 2 atom stereocenters. The van der Waals surface area contributed by atoms with Crippen LogP contribution in [0.1, 0.15) is 19.3 Å². The summed E-state index contributed by atoms with van der Waals surface area (Å²) in [5.74, 6) is 0. The number of hydrogen-bond acceptors (Lipinski definition) is 3. The summed E-state index contributed by atoms with van der Waals surface area (Å²) >= 11 is 0. The summed E-state index contributed by atoms with van der Waals surface area (Å²) < 4.78 is 0. The molecule has 2 saturated heterocycles. The number of aliphatic hydroxyl groups is 1. The van der Waals surface area contributed by atoms with Crippen LogP contribution in [-0.2, 0) is 0 Å². The first-order chi connectivity index (χ1) is 6.25. The van der Waals surface area contributed by atoms with E-state index in [1.165, 1.54) is 25.9 Å². The van der Waals surface area contributed by atoms with Crippen molar-refractivity contribution in [3.05, 3.63) is 0 Å². The number of hydrogen-bond donors (Lipinski definition) is 1. The molecular formula is C10H20N2O. The van der Waals surface area contributed by atoms with Crippen LogP contribution in [0, 0.1) is 0 Å². The van der Waals surface area contributed by atoms with Gasteiger partial charge in [-0.2, -0.15) is 0 Å². The zero-order valence-corrected chi connectivity index (χ0v) is 8.45. The minimum absolute atomic E-state index is 0.0627. The monoisotopic (exact) mass is 184 g/mol. The van der Waals surface area contributed by atoms with Gasteiger partial charge in [0.25, 0.3) is 0 Å². The third-order valence-corrected chi connectivity index (χ3v) is 3.31. The maximum Gasteiger partial charge on any atom is 0.0679 e. The Morgan fingerprint density at radius 3 is 2.62 bits per heavy atom. The molecule has 0 aromatic rings. The molecule has 2 aliphatic rings. The van der Waals surface area contributed by atoms with Crippen LogP contribution in [0.3, 0.4) is 0 Å². The van der Waals surface area contributed by atoms with Gasteiger partial charge in [0, 0.05) is 25.7 Å². The predicted molar refractivity (Wildman–Crippen MR) is 52.7 cm³/mol. The largest absolute Gasteiger partial charge is 0.392 e. The zero-order valence-electron chi connectivity index (χ0n) is 8.45. The highest BCUT2D eigenvalue weighted by molar-refractivity contribution is 4.85. The standard InChI is InChI=1S/C10H20N2O/c1-11-5-2-3-9(7-11)12-6-4-10(13)8-12/h9-10,13H,2-8H2,1H3. The number of piperidine rings is 1. The van der Waals surface area contributed by atoms with E-state index in [2.05, 4.69) is 16.8 Å². The van der Waals surface area contributed by atoms with E-state index < -0.39 is 0 Å². The Kier molecular flexibility index (Phi) is 2.86. The van der Waals surface area contributed by atoms with Crippen molar-refractivity contribution in [1.82, 2.24) is 9.80 Å². The fourth-order valence-corrected chi connectivity index (χ4v) is 2.54. The molecule has 0 aliphatic carbocycles. The summed E-state index contributed by atoms with van der Waals surface area (Å²) in [6.07, 6.45) is 3.54. The van der Waals surface area contributed by atoms with Crippen molar-refractivity contribution in [1.29, 1.82) is 0 Å². The highest BCUT2D eigenvalue weighted by Crippen LogP contribution is 2.19. The van der Waals surface area contributed by atoms with Gasteiger partial charge in [0.1, 0.15) is 0 Å². The van der Waals surface area contributed by atoms with Gasteiger partial charge in [0.05, 0.1) is 6.10 Å². The molecule has 0 aromatic heterocycles. The quantitative estimate of drug-likeness (QED) is 0.628. The lowest BCUT2D eigenvalue weighted by atomic mass is 10.1. The van der Waals surface area contributed by atoms with E-state index in [1.807, 2.05) is 0 Å². The van der Waals surface area contributed by atoms with Crippen LogP contribution in [0.2, 0.25) is 0 Å². The third kappa shape index (κ3) is 2.22. The lowest BCUT2D eigenvalue weighted by Crippen LogP contribution is -2.45. The number of aliphatic hydroxyl groups excluding tert-OH is 1. The van der Waals surface area contributed by atoms with Crippen LogP contribution in [0.15, 0.2) is 0 Å². The number of rotatable bonds is 1. The van der Waals surface area contributed by atoms with Crippen LogP contribution < -0.4 is 0 Å². The van der Waals surface area contributed by atoms with Crippen LogP contribution >= 0.6 is 0 Å². The Morgan fingerprint density at radius 1 is 1.15 bits per heavy atom. The number of nitrogens with zero attached hydrogens (tertiary/aromatic N) is 2. The fraction of sp³-hybridized carbons (Fsp3) is 1.00. The Bertz CT molecular complexity index is 174. The Hall–Kier alpha value is -0.120. The van der Waals surface area contributed by atoms with Crippen molar-refractivity contribution in [3.8, 4) is 0 Å². The van der Waals surface area contributed by atoms with E-state index in [4.69, 9.17) is 0 Å². The molecule has 1 N–H and O–H groups in total. The van der Waals surface area contributed by atoms with Gasteiger partial charge in [-0.1, -0.05) is 0 Å². The van der Waals surface area contributed by atoms with Gasteiger partial charge in [-0.3, -0.25) is 4.90 Å². The van der Waals surface area contributed by atoms with Gasteiger partial charge in [-0.25, -0.2) is 0 Å². The van der Waals surface area contributed by atoms with Gasteiger partial charge < -0.3 is 10.0 Å². The summed E-state index contributed by atoms with van der Waals surface area (Å²) in [7, 11) is 2.19. The molecule has 2 heterocycles. The van der Waals surface area contributed by atoms with Crippen molar-refractivity contribution >= 4 is 0 Å². The van der Waals surface area contributed by atoms with Gasteiger partial charge >= 0.3 is 0 Å². The summed E-state index contributed by atoms with van der Waals surface area (Å²) in [6.45, 7) is 4.43.